The van der Waals surface area contributed by atoms with Gasteiger partial charge in [0.2, 0.25) is 0 Å². The summed E-state index contributed by atoms with van der Waals surface area (Å²) in [5.41, 5.74) is 8.58. The van der Waals surface area contributed by atoms with Crippen molar-refractivity contribution in [3.63, 3.8) is 0 Å². The fourth-order valence-corrected chi connectivity index (χ4v) is 2.81. The lowest BCUT2D eigenvalue weighted by molar-refractivity contribution is -0.658. The molecule has 0 bridgehead atoms. The van der Waals surface area contributed by atoms with Gasteiger partial charge in [0, 0.05) is 0 Å². The third kappa shape index (κ3) is 2.95. The summed E-state index contributed by atoms with van der Waals surface area (Å²) in [6, 6.07) is 15.8. The van der Waals surface area contributed by atoms with Crippen LogP contribution in [0.2, 0.25) is 0 Å². The Morgan fingerprint density at radius 1 is 1.04 bits per heavy atom. The summed E-state index contributed by atoms with van der Waals surface area (Å²) < 4.78 is 15.2. The number of anilines is 1. The fourth-order valence-electron chi connectivity index (χ4n) is 2.81. The van der Waals surface area contributed by atoms with E-state index in [-0.39, 0.29) is 0 Å². The lowest BCUT2D eigenvalue weighted by Crippen LogP contribution is -2.39. The fraction of sp³-hybridized carbons (Fsp3) is 0.278. The van der Waals surface area contributed by atoms with Crippen molar-refractivity contribution < 1.29 is 14.0 Å². The summed E-state index contributed by atoms with van der Waals surface area (Å²) in [5, 5.41) is 0. The maximum Gasteiger partial charge on any atom is 0.356 e. The number of hydrogen-bond acceptors (Lipinski definition) is 3. The zero-order valence-electron chi connectivity index (χ0n) is 13.5. The van der Waals surface area contributed by atoms with E-state index >= 15 is 0 Å². The van der Waals surface area contributed by atoms with Crippen molar-refractivity contribution in [1.82, 2.24) is 4.57 Å². The summed E-state index contributed by atoms with van der Waals surface area (Å²) >= 11 is 0. The van der Waals surface area contributed by atoms with Gasteiger partial charge in [-0.2, -0.15) is 0 Å². The van der Waals surface area contributed by atoms with Gasteiger partial charge < -0.3 is 9.47 Å². The average molecular weight is 312 g/mol. The molecule has 2 aromatic carbocycles. The zero-order valence-corrected chi connectivity index (χ0v) is 13.5. The number of nitrogens with two attached hydrogens (primary N) is 1. The molecule has 5 nitrogen and oxygen atoms in total. The van der Waals surface area contributed by atoms with E-state index in [1.165, 1.54) is 0 Å². The minimum Gasteiger partial charge on any atom is -0.497 e. The maximum absolute atomic E-state index is 6.30. The van der Waals surface area contributed by atoms with Crippen LogP contribution in [0, 0.1) is 0 Å². The highest BCUT2D eigenvalue weighted by Crippen LogP contribution is 2.18. The zero-order chi connectivity index (χ0) is 16.2. The van der Waals surface area contributed by atoms with Crippen LogP contribution in [0.3, 0.4) is 0 Å². The molecular formula is C18H22N3O2+. The molecule has 3 aromatic rings. The summed E-state index contributed by atoms with van der Waals surface area (Å²) in [6.45, 7) is 4.20. The second-order valence-corrected chi connectivity index (χ2v) is 5.27. The molecule has 0 spiro atoms. The predicted molar refractivity (Wildman–Crippen MR) is 90.7 cm³/mol. The van der Waals surface area contributed by atoms with E-state index in [4.69, 9.17) is 15.2 Å². The van der Waals surface area contributed by atoms with Crippen LogP contribution in [0.4, 0.5) is 5.95 Å². The number of imidazole rings is 1. The Morgan fingerprint density at radius 3 is 2.43 bits per heavy atom. The van der Waals surface area contributed by atoms with E-state index in [2.05, 4.69) is 28.2 Å². The number of hydrogen-bond donors (Lipinski definition) is 1. The molecule has 0 saturated carbocycles. The first-order valence-corrected chi connectivity index (χ1v) is 7.78. The second-order valence-electron chi connectivity index (χ2n) is 5.27. The largest absolute Gasteiger partial charge is 0.497 e. The van der Waals surface area contributed by atoms with Gasteiger partial charge in [-0.05, 0) is 43.3 Å². The first-order chi connectivity index (χ1) is 11.2. The number of methoxy groups -OCH3 is 1. The Balaban J connectivity index is 1.75. The van der Waals surface area contributed by atoms with Crippen LogP contribution < -0.4 is 19.8 Å². The molecule has 120 valence electrons. The van der Waals surface area contributed by atoms with Gasteiger partial charge >= 0.3 is 5.95 Å². The molecular weight excluding hydrogens is 290 g/mol. The van der Waals surface area contributed by atoms with Gasteiger partial charge in [0.15, 0.2) is 0 Å². The number of rotatable bonds is 6. The number of aryl methyl sites for hydroxylation is 1. The standard InChI is InChI=1S/C18H21N3O2/c1-3-20-16-6-4-5-7-17(16)21(18(20)19)12-13-23-15-10-8-14(22-2)9-11-15/h4-11,19H,3,12-13H2,1-2H3/p+1. The van der Waals surface area contributed by atoms with Gasteiger partial charge in [-0.15, -0.1) is 0 Å². The molecule has 5 heteroatoms. The minimum atomic E-state index is 0.554. The monoisotopic (exact) mass is 312 g/mol. The van der Waals surface area contributed by atoms with Crippen LogP contribution in [0.1, 0.15) is 6.92 Å². The third-order valence-electron chi connectivity index (χ3n) is 3.98. The van der Waals surface area contributed by atoms with E-state index in [0.29, 0.717) is 13.2 Å². The van der Waals surface area contributed by atoms with Crippen LogP contribution in [0.25, 0.3) is 11.0 Å². The smallest absolute Gasteiger partial charge is 0.356 e. The Hall–Kier alpha value is -2.69. The van der Waals surface area contributed by atoms with E-state index in [1.54, 1.807) is 7.11 Å². The predicted octanol–water partition coefficient (Wildman–Crippen LogP) is 2.62. The topological polar surface area (TPSA) is 53.3 Å². The average Bonchev–Trinajstić information content (AvgIpc) is 2.87. The Bertz CT molecular complexity index is 794. The van der Waals surface area contributed by atoms with Crippen LogP contribution in [0.5, 0.6) is 11.5 Å². The Morgan fingerprint density at radius 2 is 1.74 bits per heavy atom. The van der Waals surface area contributed by atoms with E-state index < -0.39 is 0 Å². The first-order valence-electron chi connectivity index (χ1n) is 7.78. The molecule has 0 unspecified atom stereocenters. The highest BCUT2D eigenvalue weighted by Gasteiger charge is 2.19. The number of aromatic nitrogens is 2. The SMILES string of the molecule is CCn1c(N)[n+](CCOc2ccc(OC)cc2)c2ccccc21. The van der Waals surface area contributed by atoms with E-state index in [9.17, 15) is 0 Å². The molecule has 0 atom stereocenters. The molecule has 0 fully saturated rings. The van der Waals surface area contributed by atoms with Crippen LogP contribution in [-0.4, -0.2) is 18.3 Å². The van der Waals surface area contributed by atoms with Crippen molar-refractivity contribution in [1.29, 1.82) is 0 Å². The maximum atomic E-state index is 6.30. The van der Waals surface area contributed by atoms with Gasteiger partial charge in [0.05, 0.1) is 13.7 Å². The van der Waals surface area contributed by atoms with Gasteiger partial charge in [0.25, 0.3) is 0 Å². The van der Waals surface area contributed by atoms with Crippen molar-refractivity contribution in [3.05, 3.63) is 48.5 Å². The van der Waals surface area contributed by atoms with Crippen molar-refractivity contribution in [2.75, 3.05) is 19.5 Å². The number of benzene rings is 2. The summed E-state index contributed by atoms with van der Waals surface area (Å²) in [4.78, 5) is 0. The first kappa shape index (κ1) is 15.2. The second kappa shape index (κ2) is 6.60. The molecule has 0 radical (unpaired) electrons. The molecule has 0 aliphatic rings. The quantitative estimate of drug-likeness (QED) is 0.712. The number of nitrogens with zero attached hydrogens (tertiary/aromatic N) is 2. The van der Waals surface area contributed by atoms with E-state index in [0.717, 1.165) is 35.0 Å². The van der Waals surface area contributed by atoms with Crippen LogP contribution >= 0.6 is 0 Å². The van der Waals surface area contributed by atoms with Crippen molar-refractivity contribution >= 4 is 17.0 Å². The molecule has 0 saturated heterocycles. The van der Waals surface area contributed by atoms with Gasteiger partial charge in [0.1, 0.15) is 35.7 Å². The number of fused-ring (bicyclic) bond motifs is 1. The minimum absolute atomic E-state index is 0.554. The summed E-state index contributed by atoms with van der Waals surface area (Å²) in [7, 11) is 1.65. The summed E-state index contributed by atoms with van der Waals surface area (Å²) in [5.74, 6) is 2.40. The number of nitrogen functional groups attached to an aromatic ring is 1. The Labute approximate surface area is 135 Å². The van der Waals surface area contributed by atoms with E-state index in [1.807, 2.05) is 36.4 Å². The van der Waals surface area contributed by atoms with Crippen LogP contribution in [-0.2, 0) is 13.1 Å². The molecule has 1 heterocycles. The summed E-state index contributed by atoms with van der Waals surface area (Å²) in [6.07, 6.45) is 0. The van der Waals surface area contributed by atoms with Crippen molar-refractivity contribution in [2.45, 2.75) is 20.0 Å². The Kier molecular flexibility index (Phi) is 4.37. The third-order valence-corrected chi connectivity index (χ3v) is 3.98. The highest BCUT2D eigenvalue weighted by molar-refractivity contribution is 5.73. The van der Waals surface area contributed by atoms with Gasteiger partial charge in [-0.25, -0.2) is 9.13 Å². The van der Waals surface area contributed by atoms with Gasteiger partial charge in [-0.3, -0.25) is 5.73 Å². The molecule has 0 aliphatic carbocycles. The van der Waals surface area contributed by atoms with Crippen molar-refractivity contribution in [2.24, 2.45) is 0 Å². The van der Waals surface area contributed by atoms with Gasteiger partial charge in [-0.1, -0.05) is 12.1 Å². The molecule has 0 amide bonds. The lowest BCUT2D eigenvalue weighted by Gasteiger charge is -2.07. The lowest BCUT2D eigenvalue weighted by atomic mass is 10.3. The molecule has 2 N–H and O–H groups in total. The number of ether oxygens (including phenoxy) is 2. The molecule has 0 aliphatic heterocycles. The normalized spacial score (nSPS) is 10.9. The number of para-hydroxylation sites is 2. The van der Waals surface area contributed by atoms with Crippen molar-refractivity contribution in [3.8, 4) is 11.5 Å². The van der Waals surface area contributed by atoms with Crippen LogP contribution in [0.15, 0.2) is 48.5 Å². The highest BCUT2D eigenvalue weighted by atomic mass is 16.5. The molecule has 1 aromatic heterocycles. The molecule has 3 rings (SSSR count). The molecule has 23 heavy (non-hydrogen) atoms.